The fourth-order valence-electron chi connectivity index (χ4n) is 4.22. The standard InChI is InChI=1S/C26H26ClFN2O2/c1-32-25-7-2-4-19(16-25)18-29-14-12-24(13-15-29)30(23-10-8-22(28)9-11-23)26(31)20-5-3-6-21(27)17-20/h2-11,16-17,24H,12-15,18H2,1H3. The second-order valence-electron chi connectivity index (χ2n) is 8.02. The molecule has 4 nitrogen and oxygen atoms in total. The van der Waals surface area contributed by atoms with Gasteiger partial charge in [-0.05, 0) is 73.0 Å². The van der Waals surface area contributed by atoms with E-state index >= 15 is 0 Å². The first-order chi connectivity index (χ1) is 15.5. The molecule has 6 heteroatoms. The summed E-state index contributed by atoms with van der Waals surface area (Å²) in [5.74, 6) is 0.411. The lowest BCUT2D eigenvalue weighted by Crippen LogP contribution is -2.47. The third-order valence-corrected chi connectivity index (χ3v) is 6.09. The zero-order chi connectivity index (χ0) is 22.5. The molecule has 0 aromatic heterocycles. The molecule has 0 unspecified atom stereocenters. The number of hydrogen-bond donors (Lipinski definition) is 0. The van der Waals surface area contributed by atoms with Gasteiger partial charge in [0.15, 0.2) is 0 Å². The number of amides is 1. The van der Waals surface area contributed by atoms with Crippen molar-refractivity contribution in [3.63, 3.8) is 0 Å². The summed E-state index contributed by atoms with van der Waals surface area (Å²) >= 11 is 6.13. The van der Waals surface area contributed by atoms with Gasteiger partial charge in [0.2, 0.25) is 0 Å². The molecule has 0 atom stereocenters. The zero-order valence-electron chi connectivity index (χ0n) is 18.0. The van der Waals surface area contributed by atoms with Gasteiger partial charge in [0.05, 0.1) is 7.11 Å². The van der Waals surface area contributed by atoms with Gasteiger partial charge in [-0.15, -0.1) is 0 Å². The van der Waals surface area contributed by atoms with Gasteiger partial charge in [0.25, 0.3) is 5.91 Å². The number of methoxy groups -OCH3 is 1. The summed E-state index contributed by atoms with van der Waals surface area (Å²) in [6.07, 6.45) is 1.65. The molecule has 1 heterocycles. The number of piperidine rings is 1. The molecule has 0 N–H and O–H groups in total. The molecule has 32 heavy (non-hydrogen) atoms. The maximum absolute atomic E-state index is 13.5. The van der Waals surface area contributed by atoms with Crippen molar-refractivity contribution in [2.75, 3.05) is 25.1 Å². The van der Waals surface area contributed by atoms with Gasteiger partial charge in [0.1, 0.15) is 11.6 Å². The lowest BCUT2D eigenvalue weighted by atomic mass is 10.00. The molecular formula is C26H26ClFN2O2. The molecule has 0 aliphatic carbocycles. The van der Waals surface area contributed by atoms with Crippen LogP contribution in [0.5, 0.6) is 5.75 Å². The number of likely N-dealkylation sites (tertiary alicyclic amines) is 1. The normalized spacial score (nSPS) is 14.8. The van der Waals surface area contributed by atoms with Gasteiger partial charge >= 0.3 is 0 Å². The van der Waals surface area contributed by atoms with Gasteiger partial charge in [-0.1, -0.05) is 29.8 Å². The van der Waals surface area contributed by atoms with Crippen LogP contribution in [0, 0.1) is 5.82 Å². The Labute approximate surface area is 193 Å². The molecule has 3 aromatic rings. The number of hydrogen-bond acceptors (Lipinski definition) is 3. The first-order valence-corrected chi connectivity index (χ1v) is 11.1. The first kappa shape index (κ1) is 22.3. The number of ether oxygens (including phenoxy) is 1. The fraction of sp³-hybridized carbons (Fsp3) is 0.269. The summed E-state index contributed by atoms with van der Waals surface area (Å²) in [6, 6.07) is 21.2. The van der Waals surface area contributed by atoms with Gasteiger partial charge in [-0.25, -0.2) is 4.39 Å². The van der Waals surface area contributed by atoms with Crippen LogP contribution in [0.4, 0.5) is 10.1 Å². The predicted molar refractivity (Wildman–Crippen MR) is 126 cm³/mol. The summed E-state index contributed by atoms with van der Waals surface area (Å²) in [4.78, 5) is 17.7. The first-order valence-electron chi connectivity index (χ1n) is 10.7. The van der Waals surface area contributed by atoms with E-state index in [0.29, 0.717) is 16.3 Å². The second kappa shape index (κ2) is 10.2. The lowest BCUT2D eigenvalue weighted by Gasteiger charge is -2.38. The molecular weight excluding hydrogens is 427 g/mol. The molecule has 1 aliphatic rings. The minimum Gasteiger partial charge on any atom is -0.497 e. The number of halogens is 2. The summed E-state index contributed by atoms with van der Waals surface area (Å²) in [5.41, 5.74) is 2.43. The Morgan fingerprint density at radius 3 is 2.47 bits per heavy atom. The number of rotatable bonds is 6. The van der Waals surface area contributed by atoms with Crippen LogP contribution < -0.4 is 9.64 Å². The van der Waals surface area contributed by atoms with Crippen molar-refractivity contribution in [1.29, 1.82) is 0 Å². The van der Waals surface area contributed by atoms with E-state index in [1.165, 1.54) is 17.7 Å². The highest BCUT2D eigenvalue weighted by molar-refractivity contribution is 6.31. The Morgan fingerprint density at radius 2 is 1.78 bits per heavy atom. The average molecular weight is 453 g/mol. The van der Waals surface area contributed by atoms with Crippen molar-refractivity contribution in [2.45, 2.75) is 25.4 Å². The van der Waals surface area contributed by atoms with Crippen molar-refractivity contribution < 1.29 is 13.9 Å². The van der Waals surface area contributed by atoms with Crippen molar-refractivity contribution in [2.24, 2.45) is 0 Å². The van der Waals surface area contributed by atoms with Crippen LogP contribution >= 0.6 is 11.6 Å². The van der Waals surface area contributed by atoms with Gasteiger partial charge in [0, 0.05) is 41.9 Å². The number of carbonyl (C=O) groups is 1. The van der Waals surface area contributed by atoms with E-state index in [1.54, 1.807) is 48.4 Å². The molecule has 0 saturated carbocycles. The average Bonchev–Trinajstić information content (AvgIpc) is 2.81. The number of carbonyl (C=O) groups excluding carboxylic acids is 1. The maximum Gasteiger partial charge on any atom is 0.258 e. The quantitative estimate of drug-likeness (QED) is 0.474. The summed E-state index contributed by atoms with van der Waals surface area (Å²) in [7, 11) is 1.67. The Hall–Kier alpha value is -2.89. The van der Waals surface area contributed by atoms with E-state index in [9.17, 15) is 9.18 Å². The molecule has 0 bridgehead atoms. The highest BCUT2D eigenvalue weighted by Crippen LogP contribution is 2.28. The third-order valence-electron chi connectivity index (χ3n) is 5.86. The van der Waals surface area contributed by atoms with Crippen molar-refractivity contribution in [1.82, 2.24) is 4.90 Å². The smallest absolute Gasteiger partial charge is 0.258 e. The van der Waals surface area contributed by atoms with Crippen LogP contribution in [0.2, 0.25) is 5.02 Å². The van der Waals surface area contributed by atoms with Crippen LogP contribution in [0.25, 0.3) is 0 Å². The Kier molecular flexibility index (Phi) is 7.08. The van der Waals surface area contributed by atoms with Crippen LogP contribution in [0.3, 0.4) is 0 Å². The Balaban J connectivity index is 1.51. The molecule has 166 valence electrons. The molecule has 0 spiro atoms. The minimum absolute atomic E-state index is 0.0218. The van der Waals surface area contributed by atoms with E-state index in [-0.39, 0.29) is 17.8 Å². The molecule has 1 amide bonds. The summed E-state index contributed by atoms with van der Waals surface area (Å²) in [5, 5.41) is 0.517. The summed E-state index contributed by atoms with van der Waals surface area (Å²) in [6.45, 7) is 2.56. The van der Waals surface area contributed by atoms with Crippen LogP contribution in [0.15, 0.2) is 72.8 Å². The van der Waals surface area contributed by atoms with Crippen LogP contribution in [-0.4, -0.2) is 37.0 Å². The van der Waals surface area contributed by atoms with Crippen molar-refractivity contribution in [3.05, 3.63) is 94.8 Å². The molecule has 1 saturated heterocycles. The van der Waals surface area contributed by atoms with Crippen LogP contribution in [-0.2, 0) is 6.54 Å². The van der Waals surface area contributed by atoms with E-state index < -0.39 is 0 Å². The van der Waals surface area contributed by atoms with E-state index in [1.807, 2.05) is 12.1 Å². The molecule has 0 radical (unpaired) electrons. The number of benzene rings is 3. The largest absolute Gasteiger partial charge is 0.497 e. The highest BCUT2D eigenvalue weighted by Gasteiger charge is 2.30. The Bertz CT molecular complexity index is 1070. The van der Waals surface area contributed by atoms with Crippen molar-refractivity contribution in [3.8, 4) is 5.75 Å². The third kappa shape index (κ3) is 5.29. The predicted octanol–water partition coefficient (Wildman–Crippen LogP) is 5.80. The van der Waals surface area contributed by atoms with Crippen LogP contribution in [0.1, 0.15) is 28.8 Å². The van der Waals surface area contributed by atoms with E-state index in [4.69, 9.17) is 16.3 Å². The Morgan fingerprint density at radius 1 is 1.06 bits per heavy atom. The van der Waals surface area contributed by atoms with Gasteiger partial charge < -0.3 is 9.64 Å². The van der Waals surface area contributed by atoms with E-state index in [2.05, 4.69) is 17.0 Å². The molecule has 4 rings (SSSR count). The van der Waals surface area contributed by atoms with Gasteiger partial charge in [-0.2, -0.15) is 0 Å². The van der Waals surface area contributed by atoms with E-state index in [0.717, 1.165) is 38.2 Å². The SMILES string of the molecule is COc1cccc(CN2CCC(N(C(=O)c3cccc(Cl)c3)c3ccc(F)cc3)CC2)c1. The topological polar surface area (TPSA) is 32.8 Å². The molecule has 1 fully saturated rings. The molecule has 1 aliphatic heterocycles. The number of nitrogens with zero attached hydrogens (tertiary/aromatic N) is 2. The zero-order valence-corrected chi connectivity index (χ0v) is 18.8. The number of anilines is 1. The summed E-state index contributed by atoms with van der Waals surface area (Å²) < 4.78 is 18.9. The monoisotopic (exact) mass is 452 g/mol. The maximum atomic E-state index is 13.5. The highest BCUT2D eigenvalue weighted by atomic mass is 35.5. The lowest BCUT2D eigenvalue weighted by molar-refractivity contribution is 0.0958. The fourth-order valence-corrected chi connectivity index (χ4v) is 4.41. The second-order valence-corrected chi connectivity index (χ2v) is 8.46. The minimum atomic E-state index is -0.322. The van der Waals surface area contributed by atoms with Gasteiger partial charge in [-0.3, -0.25) is 9.69 Å². The molecule has 3 aromatic carbocycles. The van der Waals surface area contributed by atoms with Crippen molar-refractivity contribution >= 4 is 23.2 Å².